The van der Waals surface area contributed by atoms with E-state index < -0.39 is 5.97 Å². The zero-order valence-electron chi connectivity index (χ0n) is 10.2. The van der Waals surface area contributed by atoms with Crippen LogP contribution < -0.4 is 5.32 Å². The summed E-state index contributed by atoms with van der Waals surface area (Å²) in [4.78, 5) is 26.4. The number of H-pyrrole nitrogens is 1. The monoisotopic (exact) mass is 286 g/mol. The van der Waals surface area contributed by atoms with Crippen molar-refractivity contribution in [2.24, 2.45) is 0 Å². The van der Waals surface area contributed by atoms with Crippen LogP contribution >= 0.6 is 11.3 Å². The number of benzene rings is 1. The van der Waals surface area contributed by atoms with Crippen LogP contribution in [0.1, 0.15) is 20.0 Å². The number of carbonyl (C=O) groups is 2. The second-order valence-corrected chi connectivity index (χ2v) is 5.09. The number of rotatable bonds is 3. The number of carboxylic acid groups (broad SMARTS) is 1. The van der Waals surface area contributed by atoms with Gasteiger partial charge in [-0.3, -0.25) is 4.79 Å². The molecule has 0 aliphatic carbocycles. The number of aromatic carboxylic acids is 1. The minimum Gasteiger partial charge on any atom is -0.477 e. The van der Waals surface area contributed by atoms with Gasteiger partial charge < -0.3 is 15.4 Å². The molecule has 0 atom stereocenters. The molecule has 3 N–H and O–H groups in total. The lowest BCUT2D eigenvalue weighted by Gasteiger charge is -2.05. The van der Waals surface area contributed by atoms with Crippen LogP contribution in [0.5, 0.6) is 0 Å². The second-order valence-electron chi connectivity index (χ2n) is 4.17. The normalized spacial score (nSPS) is 10.6. The van der Waals surface area contributed by atoms with Gasteiger partial charge in [-0.15, -0.1) is 11.3 Å². The van der Waals surface area contributed by atoms with Gasteiger partial charge in [0.05, 0.1) is 16.8 Å². The van der Waals surface area contributed by atoms with Crippen molar-refractivity contribution in [3.05, 3.63) is 52.3 Å². The molecule has 0 spiro atoms. The van der Waals surface area contributed by atoms with Gasteiger partial charge >= 0.3 is 5.97 Å². The molecular formula is C14H10N2O3S. The van der Waals surface area contributed by atoms with Crippen molar-refractivity contribution >= 4 is 39.8 Å². The van der Waals surface area contributed by atoms with Gasteiger partial charge in [0, 0.05) is 11.6 Å². The van der Waals surface area contributed by atoms with Gasteiger partial charge in [0.15, 0.2) is 0 Å². The number of carbonyl (C=O) groups excluding carboxylic acids is 1. The Hall–Kier alpha value is -2.60. The number of para-hydroxylation sites is 1. The fraction of sp³-hybridized carbons (Fsp3) is 0. The summed E-state index contributed by atoms with van der Waals surface area (Å²) in [5, 5.41) is 14.2. The Kier molecular flexibility index (Phi) is 3.00. The number of fused-ring (bicyclic) bond motifs is 1. The predicted molar refractivity (Wildman–Crippen MR) is 77.5 cm³/mol. The minimum absolute atomic E-state index is 0.122. The molecule has 0 unspecified atom stereocenters. The molecule has 0 bridgehead atoms. The quantitative estimate of drug-likeness (QED) is 0.691. The summed E-state index contributed by atoms with van der Waals surface area (Å²) >= 11 is 1.08. The van der Waals surface area contributed by atoms with Crippen LogP contribution in [0.25, 0.3) is 10.9 Å². The first-order valence-electron chi connectivity index (χ1n) is 5.85. The largest absolute Gasteiger partial charge is 0.477 e. The van der Waals surface area contributed by atoms with E-state index in [4.69, 9.17) is 5.11 Å². The van der Waals surface area contributed by atoms with E-state index in [1.165, 1.54) is 0 Å². The van der Waals surface area contributed by atoms with Crippen molar-refractivity contribution in [3.63, 3.8) is 0 Å². The van der Waals surface area contributed by atoms with E-state index in [1.54, 1.807) is 29.8 Å². The van der Waals surface area contributed by atoms with Crippen LogP contribution in [0.15, 0.2) is 41.9 Å². The molecule has 6 heteroatoms. The zero-order chi connectivity index (χ0) is 14.1. The van der Waals surface area contributed by atoms with Gasteiger partial charge in [0.2, 0.25) is 0 Å². The van der Waals surface area contributed by atoms with Crippen molar-refractivity contribution in [2.45, 2.75) is 0 Å². The first kappa shape index (κ1) is 12.4. The van der Waals surface area contributed by atoms with Gasteiger partial charge in [-0.1, -0.05) is 12.1 Å². The summed E-state index contributed by atoms with van der Waals surface area (Å²) in [6, 6.07) is 8.84. The van der Waals surface area contributed by atoms with Gasteiger partial charge in [0.25, 0.3) is 5.91 Å². The zero-order valence-corrected chi connectivity index (χ0v) is 11.0. The molecule has 0 saturated carbocycles. The van der Waals surface area contributed by atoms with Crippen LogP contribution in [0.4, 0.5) is 5.69 Å². The molecule has 1 amide bonds. The van der Waals surface area contributed by atoms with Gasteiger partial charge in [-0.2, -0.15) is 0 Å². The summed E-state index contributed by atoms with van der Waals surface area (Å²) in [7, 11) is 0. The third-order valence-corrected chi connectivity index (χ3v) is 3.84. The summed E-state index contributed by atoms with van der Waals surface area (Å²) in [5.41, 5.74) is 1.53. The van der Waals surface area contributed by atoms with Gasteiger partial charge in [0.1, 0.15) is 4.88 Å². The molecule has 2 aromatic heterocycles. The molecule has 100 valence electrons. The van der Waals surface area contributed by atoms with Gasteiger partial charge in [-0.25, -0.2) is 4.79 Å². The van der Waals surface area contributed by atoms with E-state index in [0.717, 1.165) is 22.2 Å². The molecule has 3 aromatic rings. The smallest absolute Gasteiger partial charge is 0.348 e. The molecule has 0 aliphatic heterocycles. The average Bonchev–Trinajstić information content (AvgIpc) is 3.05. The van der Waals surface area contributed by atoms with Crippen molar-refractivity contribution < 1.29 is 14.7 Å². The topological polar surface area (TPSA) is 82.2 Å². The number of carboxylic acids is 1. The average molecular weight is 286 g/mol. The molecule has 0 fully saturated rings. The van der Waals surface area contributed by atoms with Crippen molar-refractivity contribution in [2.75, 3.05) is 5.32 Å². The number of hydrogen-bond acceptors (Lipinski definition) is 3. The van der Waals surface area contributed by atoms with Crippen molar-refractivity contribution in [1.82, 2.24) is 4.98 Å². The SMILES string of the molecule is O=C(O)c1sccc1NC(=O)c1cccc2cc[nH]c12. The Bertz CT molecular complexity index is 803. The third kappa shape index (κ3) is 2.06. The number of hydrogen-bond donors (Lipinski definition) is 3. The Morgan fingerprint density at radius 3 is 2.85 bits per heavy atom. The Balaban J connectivity index is 1.95. The number of nitrogens with one attached hydrogen (secondary N) is 2. The molecule has 0 radical (unpaired) electrons. The summed E-state index contributed by atoms with van der Waals surface area (Å²) < 4.78 is 0. The number of thiophene rings is 1. The second kappa shape index (κ2) is 4.82. The summed E-state index contributed by atoms with van der Waals surface area (Å²) in [6.45, 7) is 0. The van der Waals surface area contributed by atoms with Crippen LogP contribution in [-0.2, 0) is 0 Å². The molecule has 2 heterocycles. The van der Waals surface area contributed by atoms with Crippen molar-refractivity contribution in [1.29, 1.82) is 0 Å². The van der Waals surface area contributed by atoms with E-state index in [9.17, 15) is 9.59 Å². The number of anilines is 1. The summed E-state index contributed by atoms with van der Waals surface area (Å²) in [5.74, 6) is -1.38. The Morgan fingerprint density at radius 2 is 2.05 bits per heavy atom. The number of amides is 1. The highest BCUT2D eigenvalue weighted by Crippen LogP contribution is 2.24. The highest BCUT2D eigenvalue weighted by molar-refractivity contribution is 7.12. The molecule has 20 heavy (non-hydrogen) atoms. The van der Waals surface area contributed by atoms with Crippen molar-refractivity contribution in [3.8, 4) is 0 Å². The lowest BCUT2D eigenvalue weighted by molar-refractivity contribution is 0.0703. The highest BCUT2D eigenvalue weighted by atomic mass is 32.1. The van der Waals surface area contributed by atoms with E-state index in [1.807, 2.05) is 12.1 Å². The maximum atomic E-state index is 12.3. The lowest BCUT2D eigenvalue weighted by atomic mass is 10.1. The maximum Gasteiger partial charge on any atom is 0.348 e. The molecule has 1 aromatic carbocycles. The molecule has 3 rings (SSSR count). The first-order chi connectivity index (χ1) is 9.66. The third-order valence-electron chi connectivity index (χ3n) is 2.94. The maximum absolute atomic E-state index is 12.3. The fourth-order valence-electron chi connectivity index (χ4n) is 2.04. The van der Waals surface area contributed by atoms with E-state index in [-0.39, 0.29) is 10.8 Å². The van der Waals surface area contributed by atoms with Crippen LogP contribution in [0.3, 0.4) is 0 Å². The van der Waals surface area contributed by atoms with Crippen LogP contribution in [0.2, 0.25) is 0 Å². The van der Waals surface area contributed by atoms with E-state index in [2.05, 4.69) is 10.3 Å². The first-order valence-corrected chi connectivity index (χ1v) is 6.73. The molecule has 5 nitrogen and oxygen atoms in total. The minimum atomic E-state index is -1.05. The number of aromatic amines is 1. The Morgan fingerprint density at radius 1 is 1.20 bits per heavy atom. The Labute approximate surface area is 117 Å². The lowest BCUT2D eigenvalue weighted by Crippen LogP contribution is -2.13. The van der Waals surface area contributed by atoms with Gasteiger partial charge in [-0.05, 0) is 23.6 Å². The number of aromatic nitrogens is 1. The molecule has 0 saturated heterocycles. The molecular weight excluding hydrogens is 276 g/mol. The predicted octanol–water partition coefficient (Wildman–Crippen LogP) is 3.18. The van der Waals surface area contributed by atoms with E-state index >= 15 is 0 Å². The fourth-order valence-corrected chi connectivity index (χ4v) is 2.72. The summed E-state index contributed by atoms with van der Waals surface area (Å²) in [6.07, 6.45) is 1.76. The highest BCUT2D eigenvalue weighted by Gasteiger charge is 2.16. The van der Waals surface area contributed by atoms with E-state index in [0.29, 0.717) is 11.3 Å². The molecule has 0 aliphatic rings. The van der Waals surface area contributed by atoms with Crippen LogP contribution in [0, 0.1) is 0 Å². The standard InChI is InChI=1S/C14H10N2O3S/c17-13(16-10-5-7-20-12(10)14(18)19)9-3-1-2-8-4-6-15-11(8)9/h1-7,15H,(H,16,17)(H,18,19). The van der Waals surface area contributed by atoms with Crippen LogP contribution in [-0.4, -0.2) is 22.0 Å².